The number of carboxylic acids is 1. The fourth-order valence-electron chi connectivity index (χ4n) is 1.46. The largest absolute Gasteiger partial charge is 0.491 e. The monoisotopic (exact) mass is 237 g/mol. The first-order chi connectivity index (χ1) is 8.13. The van der Waals surface area contributed by atoms with E-state index < -0.39 is 5.97 Å². The van der Waals surface area contributed by atoms with E-state index in [4.69, 9.17) is 15.6 Å². The number of hydrogen-bond donors (Lipinski definition) is 2. The molecule has 0 fully saturated rings. The third-order valence-corrected chi connectivity index (χ3v) is 2.46. The molecule has 0 heterocycles. The van der Waals surface area contributed by atoms with E-state index in [1.165, 1.54) is 0 Å². The van der Waals surface area contributed by atoms with Crippen LogP contribution in [0.15, 0.2) is 18.2 Å². The van der Waals surface area contributed by atoms with Gasteiger partial charge in [-0.3, -0.25) is 4.79 Å². The van der Waals surface area contributed by atoms with E-state index in [0.717, 1.165) is 18.4 Å². The van der Waals surface area contributed by atoms with Crippen molar-refractivity contribution >= 4 is 11.7 Å². The first-order valence-electron chi connectivity index (χ1n) is 5.86. The van der Waals surface area contributed by atoms with Crippen molar-refractivity contribution in [3.63, 3.8) is 0 Å². The van der Waals surface area contributed by atoms with Gasteiger partial charge in [0.05, 0.1) is 12.3 Å². The van der Waals surface area contributed by atoms with Crippen LogP contribution in [0.2, 0.25) is 0 Å². The molecule has 1 aromatic carbocycles. The molecule has 0 aromatic heterocycles. The Balaban J connectivity index is 2.56. The average molecular weight is 237 g/mol. The summed E-state index contributed by atoms with van der Waals surface area (Å²) < 4.78 is 5.52. The maximum atomic E-state index is 10.4. The highest BCUT2D eigenvalue weighted by atomic mass is 16.5. The summed E-state index contributed by atoms with van der Waals surface area (Å²) in [4.78, 5) is 10.4. The molecule has 4 nitrogen and oxygen atoms in total. The number of rotatable bonds is 7. The van der Waals surface area contributed by atoms with Crippen LogP contribution in [-0.4, -0.2) is 17.7 Å². The van der Waals surface area contributed by atoms with Crippen molar-refractivity contribution in [2.45, 2.75) is 32.6 Å². The lowest BCUT2D eigenvalue weighted by molar-refractivity contribution is -0.136. The van der Waals surface area contributed by atoms with Crippen molar-refractivity contribution in [3.05, 3.63) is 23.8 Å². The highest BCUT2D eigenvalue weighted by molar-refractivity contribution is 5.67. The molecule has 1 aromatic rings. The minimum Gasteiger partial charge on any atom is -0.491 e. The molecule has 17 heavy (non-hydrogen) atoms. The number of ether oxygens (including phenoxy) is 1. The summed E-state index contributed by atoms with van der Waals surface area (Å²) in [7, 11) is 0. The highest BCUT2D eigenvalue weighted by Crippen LogP contribution is 2.23. The number of hydrogen-bond acceptors (Lipinski definition) is 3. The summed E-state index contributed by atoms with van der Waals surface area (Å²) in [6.07, 6.45) is 2.70. The van der Waals surface area contributed by atoms with Gasteiger partial charge >= 0.3 is 5.97 Å². The van der Waals surface area contributed by atoms with Crippen LogP contribution in [0.4, 0.5) is 5.69 Å². The fourth-order valence-corrected chi connectivity index (χ4v) is 1.46. The Morgan fingerprint density at radius 2 is 2.24 bits per heavy atom. The molecule has 0 amide bonds. The standard InChI is InChI=1S/C13H19NO3/c1-2-3-8-17-12-6-4-10(9-11(12)14)5-7-13(15)16/h4,6,9H,2-3,5,7-8,14H2,1H3,(H,15,16). The third-order valence-electron chi connectivity index (χ3n) is 2.46. The normalized spacial score (nSPS) is 10.2. The molecule has 0 unspecified atom stereocenters. The van der Waals surface area contributed by atoms with E-state index in [0.29, 0.717) is 24.5 Å². The van der Waals surface area contributed by atoms with Crippen LogP contribution >= 0.6 is 0 Å². The molecule has 0 saturated heterocycles. The van der Waals surface area contributed by atoms with Gasteiger partial charge in [-0.15, -0.1) is 0 Å². The quantitative estimate of drug-likeness (QED) is 0.564. The van der Waals surface area contributed by atoms with Gasteiger partial charge < -0.3 is 15.6 Å². The van der Waals surface area contributed by atoms with Gasteiger partial charge in [-0.1, -0.05) is 19.4 Å². The number of benzene rings is 1. The Labute approximate surface area is 101 Å². The van der Waals surface area contributed by atoms with Gasteiger partial charge in [0.1, 0.15) is 5.75 Å². The Bertz CT molecular complexity index is 377. The lowest BCUT2D eigenvalue weighted by atomic mass is 10.1. The Hall–Kier alpha value is -1.71. The maximum Gasteiger partial charge on any atom is 0.303 e. The van der Waals surface area contributed by atoms with Crippen molar-refractivity contribution < 1.29 is 14.6 Å². The molecule has 1 rings (SSSR count). The molecule has 0 saturated carbocycles. The predicted molar refractivity (Wildman–Crippen MR) is 67.2 cm³/mol. The molecule has 3 N–H and O–H groups in total. The number of nitrogens with two attached hydrogens (primary N) is 1. The number of aliphatic carboxylic acids is 1. The first-order valence-corrected chi connectivity index (χ1v) is 5.86. The summed E-state index contributed by atoms with van der Waals surface area (Å²) >= 11 is 0. The van der Waals surface area contributed by atoms with Crippen molar-refractivity contribution in [3.8, 4) is 5.75 Å². The molecule has 0 aliphatic rings. The van der Waals surface area contributed by atoms with Gasteiger partial charge in [0, 0.05) is 6.42 Å². The fraction of sp³-hybridized carbons (Fsp3) is 0.462. The molecule has 0 aliphatic heterocycles. The summed E-state index contributed by atoms with van der Waals surface area (Å²) in [5, 5.41) is 8.59. The van der Waals surface area contributed by atoms with Gasteiger partial charge in [-0.05, 0) is 30.5 Å². The van der Waals surface area contributed by atoms with Gasteiger partial charge in [0.15, 0.2) is 0 Å². The molecular formula is C13H19NO3. The number of aryl methyl sites for hydroxylation is 1. The minimum atomic E-state index is -0.799. The van der Waals surface area contributed by atoms with Gasteiger partial charge in [-0.2, -0.15) is 0 Å². The lowest BCUT2D eigenvalue weighted by Gasteiger charge is -2.09. The van der Waals surface area contributed by atoms with E-state index in [1.54, 1.807) is 6.07 Å². The SMILES string of the molecule is CCCCOc1ccc(CCC(=O)O)cc1N. The van der Waals surface area contributed by atoms with E-state index in [1.807, 2.05) is 12.1 Å². The molecule has 0 bridgehead atoms. The molecule has 0 aliphatic carbocycles. The molecule has 4 heteroatoms. The zero-order valence-electron chi connectivity index (χ0n) is 10.1. The van der Waals surface area contributed by atoms with Crippen molar-refractivity contribution in [1.29, 1.82) is 0 Å². The second-order valence-electron chi connectivity index (χ2n) is 3.97. The van der Waals surface area contributed by atoms with Crippen molar-refractivity contribution in [1.82, 2.24) is 0 Å². The molecule has 94 valence electrons. The van der Waals surface area contributed by atoms with Crippen molar-refractivity contribution in [2.24, 2.45) is 0 Å². The topological polar surface area (TPSA) is 72.5 Å². The average Bonchev–Trinajstić information content (AvgIpc) is 2.29. The zero-order chi connectivity index (χ0) is 12.7. The van der Waals surface area contributed by atoms with E-state index in [9.17, 15) is 4.79 Å². The summed E-state index contributed by atoms with van der Waals surface area (Å²) in [5.41, 5.74) is 7.33. The van der Waals surface area contributed by atoms with Crippen LogP contribution in [0.3, 0.4) is 0 Å². The minimum absolute atomic E-state index is 0.121. The zero-order valence-corrected chi connectivity index (χ0v) is 10.1. The van der Waals surface area contributed by atoms with E-state index >= 15 is 0 Å². The molecule has 0 spiro atoms. The third kappa shape index (κ3) is 4.76. The number of nitrogen functional groups attached to an aromatic ring is 1. The van der Waals surface area contributed by atoms with Crippen LogP contribution in [-0.2, 0) is 11.2 Å². The lowest BCUT2D eigenvalue weighted by Crippen LogP contribution is -2.02. The second kappa shape index (κ2) is 6.78. The highest BCUT2D eigenvalue weighted by Gasteiger charge is 2.04. The Morgan fingerprint density at radius 1 is 1.47 bits per heavy atom. The number of anilines is 1. The van der Waals surface area contributed by atoms with Crippen LogP contribution in [0.1, 0.15) is 31.7 Å². The van der Waals surface area contributed by atoms with Crippen molar-refractivity contribution in [2.75, 3.05) is 12.3 Å². The second-order valence-corrected chi connectivity index (χ2v) is 3.97. The summed E-state index contributed by atoms with van der Waals surface area (Å²) in [6.45, 7) is 2.76. The van der Waals surface area contributed by atoms with Gasteiger partial charge in [-0.25, -0.2) is 0 Å². The first kappa shape index (κ1) is 13.4. The van der Waals surface area contributed by atoms with Crippen LogP contribution in [0.25, 0.3) is 0 Å². The van der Waals surface area contributed by atoms with Gasteiger partial charge in [0.2, 0.25) is 0 Å². The summed E-state index contributed by atoms with van der Waals surface area (Å²) in [5.74, 6) is -0.121. The molecular weight excluding hydrogens is 218 g/mol. The van der Waals surface area contributed by atoms with Crippen LogP contribution in [0, 0.1) is 0 Å². The van der Waals surface area contributed by atoms with E-state index in [2.05, 4.69) is 6.92 Å². The molecule has 0 radical (unpaired) electrons. The summed E-state index contributed by atoms with van der Waals surface area (Å²) in [6, 6.07) is 5.45. The Morgan fingerprint density at radius 3 is 2.82 bits per heavy atom. The predicted octanol–water partition coefficient (Wildman–Crippen LogP) is 2.46. The number of carbonyl (C=O) groups is 1. The number of carboxylic acid groups (broad SMARTS) is 1. The van der Waals surface area contributed by atoms with E-state index in [-0.39, 0.29) is 6.42 Å². The smallest absolute Gasteiger partial charge is 0.303 e. The van der Waals surface area contributed by atoms with Gasteiger partial charge in [0.25, 0.3) is 0 Å². The number of unbranched alkanes of at least 4 members (excludes halogenated alkanes) is 1. The Kier molecular flexibility index (Phi) is 5.33. The van der Waals surface area contributed by atoms with Crippen LogP contribution in [0.5, 0.6) is 5.75 Å². The van der Waals surface area contributed by atoms with Crippen LogP contribution < -0.4 is 10.5 Å². The molecule has 0 atom stereocenters. The maximum absolute atomic E-state index is 10.4.